The molecule has 4 heteroatoms. The number of aryl methyl sites for hydroxylation is 2. The number of halogens is 1. The maximum atomic E-state index is 14.1. The van der Waals surface area contributed by atoms with E-state index in [1.54, 1.807) is 12.1 Å². The second-order valence-electron chi connectivity index (χ2n) is 7.63. The molecule has 0 atom stereocenters. The molecule has 4 rings (SSSR count). The molecule has 0 amide bonds. The molecule has 0 bridgehead atoms. The zero-order valence-electron chi connectivity index (χ0n) is 17.2. The first kappa shape index (κ1) is 19.8. The third-order valence-corrected chi connectivity index (χ3v) is 5.56. The molecule has 0 fully saturated rings. The molecule has 0 unspecified atom stereocenters. The quantitative estimate of drug-likeness (QED) is 0.366. The monoisotopic (exact) mass is 400 g/mol. The van der Waals surface area contributed by atoms with E-state index in [4.69, 9.17) is 0 Å². The molecule has 0 saturated heterocycles. The number of benzene rings is 3. The molecular weight excluding hydrogens is 375 g/mol. The number of rotatable bonds is 6. The zero-order chi connectivity index (χ0) is 21.3. The number of aromatic hydroxyl groups is 1. The van der Waals surface area contributed by atoms with Crippen LogP contribution in [0, 0.1) is 19.7 Å². The van der Waals surface area contributed by atoms with Crippen molar-refractivity contribution in [3.8, 4) is 16.9 Å². The predicted octanol–water partition coefficient (Wildman–Crippen LogP) is 6.10. The molecule has 0 aliphatic heterocycles. The van der Waals surface area contributed by atoms with Gasteiger partial charge in [0.25, 0.3) is 0 Å². The molecule has 3 N–H and O–H groups in total. The van der Waals surface area contributed by atoms with Crippen molar-refractivity contribution in [2.45, 2.75) is 20.3 Å². The van der Waals surface area contributed by atoms with E-state index in [2.05, 4.69) is 16.9 Å². The van der Waals surface area contributed by atoms with Crippen molar-refractivity contribution in [1.82, 2.24) is 10.3 Å². The number of H-pyrrole nitrogens is 1. The van der Waals surface area contributed by atoms with Gasteiger partial charge in [0.1, 0.15) is 11.6 Å². The van der Waals surface area contributed by atoms with Gasteiger partial charge in [-0.05, 0) is 66.3 Å². The van der Waals surface area contributed by atoms with Crippen LogP contribution in [0.15, 0.2) is 67.2 Å². The highest BCUT2D eigenvalue weighted by Crippen LogP contribution is 2.28. The Balaban J connectivity index is 1.44. The van der Waals surface area contributed by atoms with Crippen molar-refractivity contribution in [1.29, 1.82) is 0 Å². The van der Waals surface area contributed by atoms with Gasteiger partial charge in [-0.2, -0.15) is 0 Å². The highest BCUT2D eigenvalue weighted by molar-refractivity contribution is 5.88. The molecule has 4 aromatic rings. The van der Waals surface area contributed by atoms with E-state index in [0.29, 0.717) is 12.1 Å². The number of hydrogen-bond acceptors (Lipinski definition) is 2. The molecule has 0 aliphatic carbocycles. The Bertz CT molecular complexity index is 1220. The van der Waals surface area contributed by atoms with Gasteiger partial charge in [0.15, 0.2) is 0 Å². The minimum Gasteiger partial charge on any atom is -0.508 e. The maximum Gasteiger partial charge on any atom is 0.147 e. The van der Waals surface area contributed by atoms with Gasteiger partial charge in [-0.3, -0.25) is 0 Å². The van der Waals surface area contributed by atoms with E-state index in [-0.39, 0.29) is 11.6 Å². The number of nitrogens with one attached hydrogen (secondary N) is 2. The van der Waals surface area contributed by atoms with Crippen LogP contribution in [0.5, 0.6) is 5.75 Å². The largest absolute Gasteiger partial charge is 0.508 e. The summed E-state index contributed by atoms with van der Waals surface area (Å²) in [5.74, 6) is 0.0412. The SMILES string of the molecule is C=C(NCCc1c(C)[nH]c2c(F)ccc(C)c12)c1ccc(-c2cccc(O)c2)cc1. The van der Waals surface area contributed by atoms with Gasteiger partial charge in [0, 0.05) is 23.3 Å². The lowest BCUT2D eigenvalue weighted by atomic mass is 10.0. The van der Waals surface area contributed by atoms with Gasteiger partial charge in [-0.15, -0.1) is 0 Å². The van der Waals surface area contributed by atoms with E-state index in [1.807, 2.05) is 56.3 Å². The molecule has 0 spiro atoms. The Morgan fingerprint density at radius 2 is 1.80 bits per heavy atom. The third kappa shape index (κ3) is 3.81. The van der Waals surface area contributed by atoms with Gasteiger partial charge in [-0.1, -0.05) is 49.0 Å². The van der Waals surface area contributed by atoms with Gasteiger partial charge in [-0.25, -0.2) is 4.39 Å². The van der Waals surface area contributed by atoms with Crippen LogP contribution < -0.4 is 5.32 Å². The van der Waals surface area contributed by atoms with Gasteiger partial charge < -0.3 is 15.4 Å². The Hall–Kier alpha value is -3.53. The molecule has 3 nitrogen and oxygen atoms in total. The minimum atomic E-state index is -0.214. The summed E-state index contributed by atoms with van der Waals surface area (Å²) in [6, 6.07) is 18.6. The fourth-order valence-electron chi connectivity index (χ4n) is 3.95. The maximum absolute atomic E-state index is 14.1. The lowest BCUT2D eigenvalue weighted by Crippen LogP contribution is -2.15. The second-order valence-corrected chi connectivity index (χ2v) is 7.63. The first-order chi connectivity index (χ1) is 14.4. The summed E-state index contributed by atoms with van der Waals surface area (Å²) in [4.78, 5) is 3.19. The van der Waals surface area contributed by atoms with Crippen molar-refractivity contribution < 1.29 is 9.50 Å². The Kier molecular flexibility index (Phi) is 5.32. The molecule has 0 saturated carbocycles. The molecule has 1 heterocycles. The van der Waals surface area contributed by atoms with Gasteiger partial charge in [0.2, 0.25) is 0 Å². The lowest BCUT2D eigenvalue weighted by Gasteiger charge is -2.11. The molecule has 0 radical (unpaired) electrons. The fourth-order valence-corrected chi connectivity index (χ4v) is 3.95. The normalized spacial score (nSPS) is 11.0. The van der Waals surface area contributed by atoms with E-state index >= 15 is 0 Å². The van der Waals surface area contributed by atoms with Crippen molar-refractivity contribution in [3.05, 3.63) is 95.4 Å². The first-order valence-electron chi connectivity index (χ1n) is 10.0. The number of aromatic nitrogens is 1. The Morgan fingerprint density at radius 1 is 1.03 bits per heavy atom. The second kappa shape index (κ2) is 8.07. The average Bonchev–Trinajstić information content (AvgIpc) is 3.08. The fraction of sp³-hybridized carbons (Fsp3) is 0.154. The predicted molar refractivity (Wildman–Crippen MR) is 122 cm³/mol. The average molecular weight is 400 g/mol. The van der Waals surface area contributed by atoms with E-state index in [1.165, 1.54) is 6.07 Å². The smallest absolute Gasteiger partial charge is 0.147 e. The summed E-state index contributed by atoms with van der Waals surface area (Å²) in [6.45, 7) is 8.87. The standard InChI is InChI=1S/C26H25FN2O/c1-16-7-12-24(27)26-25(16)23(18(3)29-26)13-14-28-17(2)19-8-10-20(11-9-19)21-5-4-6-22(30)15-21/h4-12,15,28-30H,2,13-14H2,1,3H3. The Morgan fingerprint density at radius 3 is 2.53 bits per heavy atom. The summed E-state index contributed by atoms with van der Waals surface area (Å²) in [6.07, 6.45) is 0.774. The van der Waals surface area contributed by atoms with Crippen LogP contribution in [0.4, 0.5) is 4.39 Å². The number of phenols is 1. The van der Waals surface area contributed by atoms with Crippen molar-refractivity contribution in [2.75, 3.05) is 6.54 Å². The summed E-state index contributed by atoms with van der Waals surface area (Å²) >= 11 is 0. The van der Waals surface area contributed by atoms with Gasteiger partial charge in [0.05, 0.1) is 5.52 Å². The molecule has 0 aliphatic rings. The van der Waals surface area contributed by atoms with Crippen molar-refractivity contribution in [3.63, 3.8) is 0 Å². The number of hydrogen-bond donors (Lipinski definition) is 3. The van der Waals surface area contributed by atoms with Crippen LogP contribution in [0.25, 0.3) is 27.7 Å². The Labute approximate surface area is 175 Å². The number of fused-ring (bicyclic) bond motifs is 1. The highest BCUT2D eigenvalue weighted by Gasteiger charge is 2.13. The summed E-state index contributed by atoms with van der Waals surface area (Å²) in [5.41, 5.74) is 7.67. The number of phenolic OH excluding ortho intramolecular Hbond substituents is 1. The van der Waals surface area contributed by atoms with E-state index in [0.717, 1.165) is 51.0 Å². The lowest BCUT2D eigenvalue weighted by molar-refractivity contribution is 0.475. The van der Waals surface area contributed by atoms with E-state index in [9.17, 15) is 9.50 Å². The van der Waals surface area contributed by atoms with Crippen LogP contribution >= 0.6 is 0 Å². The summed E-state index contributed by atoms with van der Waals surface area (Å²) < 4.78 is 14.1. The molecule has 3 aromatic carbocycles. The van der Waals surface area contributed by atoms with Crippen LogP contribution in [0.1, 0.15) is 22.4 Å². The first-order valence-corrected chi connectivity index (χ1v) is 10.0. The highest BCUT2D eigenvalue weighted by atomic mass is 19.1. The van der Waals surface area contributed by atoms with Gasteiger partial charge >= 0.3 is 0 Å². The summed E-state index contributed by atoms with van der Waals surface area (Å²) in [7, 11) is 0. The molecule has 1 aromatic heterocycles. The molecule has 30 heavy (non-hydrogen) atoms. The molecule has 152 valence electrons. The summed E-state index contributed by atoms with van der Waals surface area (Å²) in [5, 5.41) is 14.0. The van der Waals surface area contributed by atoms with Crippen molar-refractivity contribution in [2.24, 2.45) is 0 Å². The molecular formula is C26H25FN2O. The van der Waals surface area contributed by atoms with E-state index < -0.39 is 0 Å². The minimum absolute atomic E-state index is 0.214. The zero-order valence-corrected chi connectivity index (χ0v) is 17.2. The van der Waals surface area contributed by atoms with Crippen LogP contribution in [0.2, 0.25) is 0 Å². The van der Waals surface area contributed by atoms with Crippen molar-refractivity contribution >= 4 is 16.6 Å². The third-order valence-electron chi connectivity index (χ3n) is 5.56. The topological polar surface area (TPSA) is 48.0 Å². The number of aromatic amines is 1. The van der Waals surface area contributed by atoms with Crippen LogP contribution in [-0.4, -0.2) is 16.6 Å². The van der Waals surface area contributed by atoms with Crippen LogP contribution in [-0.2, 0) is 6.42 Å². The van der Waals surface area contributed by atoms with Crippen LogP contribution in [0.3, 0.4) is 0 Å².